The molecule has 1 heterocycles. The molecule has 0 saturated carbocycles. The molecule has 8 nitrogen and oxygen atoms in total. The number of thioether (sulfide) groups is 1. The van der Waals surface area contributed by atoms with Crippen molar-refractivity contribution in [2.75, 3.05) is 18.6 Å². The van der Waals surface area contributed by atoms with Crippen molar-refractivity contribution >= 4 is 51.7 Å². The molecular formula is C26H22N2O6S2. The van der Waals surface area contributed by atoms with E-state index in [0.717, 1.165) is 17.3 Å². The summed E-state index contributed by atoms with van der Waals surface area (Å²) in [5, 5.41) is 11.9. The van der Waals surface area contributed by atoms with Gasteiger partial charge in [0.05, 0.1) is 40.9 Å². The van der Waals surface area contributed by atoms with Crippen LogP contribution in [0.1, 0.15) is 18.1 Å². The summed E-state index contributed by atoms with van der Waals surface area (Å²) in [7, 11) is 1.45. The standard InChI is InChI=1S/C26H22N2O6S2/c1-3-33-20-11-9-19(10-12-20)27-25(29)24(36-26(27)35)14-18-13-22(32-2)23(15-21(18)28(30)31)34-16-17-7-5-4-6-8-17/h4-15H,3,16H2,1-2H3/b24-14+. The van der Waals surface area contributed by atoms with Crippen LogP contribution in [0.15, 0.2) is 71.6 Å². The zero-order valence-corrected chi connectivity index (χ0v) is 21.1. The van der Waals surface area contributed by atoms with Gasteiger partial charge < -0.3 is 14.2 Å². The number of rotatable bonds is 9. The van der Waals surface area contributed by atoms with Crippen LogP contribution < -0.4 is 19.1 Å². The number of carbonyl (C=O) groups excluding carboxylic acids is 1. The summed E-state index contributed by atoms with van der Waals surface area (Å²) in [6.07, 6.45) is 1.45. The monoisotopic (exact) mass is 522 g/mol. The van der Waals surface area contributed by atoms with Crippen LogP contribution in [0.3, 0.4) is 0 Å². The summed E-state index contributed by atoms with van der Waals surface area (Å²) in [6, 6.07) is 19.2. The maximum Gasteiger partial charge on any atom is 0.280 e. The first-order chi connectivity index (χ1) is 17.4. The number of nitro benzene ring substituents is 1. The Morgan fingerprint density at radius 1 is 1.06 bits per heavy atom. The minimum absolute atomic E-state index is 0.205. The molecule has 184 valence electrons. The number of nitrogens with zero attached hydrogens (tertiary/aromatic N) is 2. The molecule has 1 saturated heterocycles. The van der Waals surface area contributed by atoms with Crippen LogP contribution in [0.4, 0.5) is 11.4 Å². The molecular weight excluding hydrogens is 500 g/mol. The highest BCUT2D eigenvalue weighted by molar-refractivity contribution is 8.27. The normalized spacial score (nSPS) is 14.3. The average molecular weight is 523 g/mol. The molecule has 1 aliphatic heterocycles. The maximum absolute atomic E-state index is 13.2. The van der Waals surface area contributed by atoms with Gasteiger partial charge in [0.25, 0.3) is 11.6 Å². The summed E-state index contributed by atoms with van der Waals surface area (Å²) in [5.41, 5.74) is 1.48. The zero-order valence-electron chi connectivity index (χ0n) is 19.5. The van der Waals surface area contributed by atoms with Gasteiger partial charge in [-0.25, -0.2) is 0 Å². The first kappa shape index (κ1) is 25.2. The molecule has 0 aliphatic carbocycles. The average Bonchev–Trinajstić information content (AvgIpc) is 3.16. The topological polar surface area (TPSA) is 91.1 Å². The molecule has 36 heavy (non-hydrogen) atoms. The third kappa shape index (κ3) is 5.50. The van der Waals surface area contributed by atoms with Gasteiger partial charge in [0, 0.05) is 0 Å². The number of anilines is 1. The highest BCUT2D eigenvalue weighted by Gasteiger charge is 2.34. The Labute approximate surface area is 217 Å². The molecule has 10 heteroatoms. The highest BCUT2D eigenvalue weighted by Crippen LogP contribution is 2.40. The van der Waals surface area contributed by atoms with Crippen molar-refractivity contribution in [2.24, 2.45) is 0 Å². The van der Waals surface area contributed by atoms with Crippen LogP contribution in [0.2, 0.25) is 0 Å². The molecule has 0 aromatic heterocycles. The van der Waals surface area contributed by atoms with Crippen LogP contribution >= 0.6 is 24.0 Å². The number of hydrogen-bond acceptors (Lipinski definition) is 8. The molecule has 0 bridgehead atoms. The lowest BCUT2D eigenvalue weighted by Gasteiger charge is -2.15. The number of hydrogen-bond donors (Lipinski definition) is 0. The Bertz CT molecular complexity index is 1330. The van der Waals surface area contributed by atoms with Gasteiger partial charge in [-0.2, -0.15) is 0 Å². The zero-order chi connectivity index (χ0) is 25.7. The van der Waals surface area contributed by atoms with Crippen molar-refractivity contribution < 1.29 is 23.9 Å². The molecule has 1 fully saturated rings. The predicted molar refractivity (Wildman–Crippen MR) is 144 cm³/mol. The van der Waals surface area contributed by atoms with Crippen LogP contribution in [0.5, 0.6) is 17.2 Å². The van der Waals surface area contributed by atoms with Gasteiger partial charge in [0.1, 0.15) is 12.4 Å². The van der Waals surface area contributed by atoms with Crippen LogP contribution in [0.25, 0.3) is 6.08 Å². The van der Waals surface area contributed by atoms with Crippen molar-refractivity contribution in [3.8, 4) is 17.2 Å². The van der Waals surface area contributed by atoms with E-state index in [4.69, 9.17) is 26.4 Å². The summed E-state index contributed by atoms with van der Waals surface area (Å²) >= 11 is 6.50. The number of nitro groups is 1. The lowest BCUT2D eigenvalue weighted by molar-refractivity contribution is -0.385. The first-order valence-corrected chi connectivity index (χ1v) is 12.2. The van der Waals surface area contributed by atoms with Gasteiger partial charge in [-0.3, -0.25) is 19.8 Å². The molecule has 1 aliphatic rings. The summed E-state index contributed by atoms with van der Waals surface area (Å²) in [6.45, 7) is 2.63. The fourth-order valence-electron chi connectivity index (χ4n) is 3.54. The second-order valence-corrected chi connectivity index (χ2v) is 9.21. The van der Waals surface area contributed by atoms with Crippen LogP contribution in [0, 0.1) is 10.1 Å². The predicted octanol–water partition coefficient (Wildman–Crippen LogP) is 5.99. The van der Waals surface area contributed by atoms with E-state index >= 15 is 0 Å². The smallest absolute Gasteiger partial charge is 0.280 e. The first-order valence-electron chi connectivity index (χ1n) is 10.9. The Balaban J connectivity index is 1.63. The molecule has 3 aromatic rings. The maximum atomic E-state index is 13.2. The minimum Gasteiger partial charge on any atom is -0.494 e. The Hall–Kier alpha value is -3.89. The molecule has 3 aromatic carbocycles. The number of thiocarbonyl (C=S) groups is 1. The summed E-state index contributed by atoms with van der Waals surface area (Å²) < 4.78 is 17.0. The lowest BCUT2D eigenvalue weighted by Crippen LogP contribution is -2.27. The third-order valence-electron chi connectivity index (χ3n) is 5.23. The van der Waals surface area contributed by atoms with Gasteiger partial charge >= 0.3 is 0 Å². The summed E-state index contributed by atoms with van der Waals surface area (Å²) in [4.78, 5) is 26.2. The van der Waals surface area contributed by atoms with Crippen molar-refractivity contribution in [1.29, 1.82) is 0 Å². The van der Waals surface area contributed by atoms with E-state index < -0.39 is 4.92 Å². The lowest BCUT2D eigenvalue weighted by atomic mass is 10.1. The SMILES string of the molecule is CCOc1ccc(N2C(=O)/C(=C\c3cc(OC)c(OCc4ccccc4)cc3[N+](=O)[O-])SC2=S)cc1. The van der Waals surface area contributed by atoms with E-state index in [1.807, 2.05) is 37.3 Å². The highest BCUT2D eigenvalue weighted by atomic mass is 32.2. The fraction of sp³-hybridized carbons (Fsp3) is 0.154. The third-order valence-corrected chi connectivity index (χ3v) is 6.54. The van der Waals surface area contributed by atoms with Crippen molar-refractivity contribution in [3.05, 3.63) is 92.9 Å². The second kappa shape index (κ2) is 11.2. The number of methoxy groups -OCH3 is 1. The van der Waals surface area contributed by atoms with Crippen LogP contribution in [-0.2, 0) is 11.4 Å². The Morgan fingerprint density at radius 3 is 2.42 bits per heavy atom. The van der Waals surface area contributed by atoms with Gasteiger partial charge in [-0.1, -0.05) is 54.3 Å². The molecule has 0 spiro atoms. The van der Waals surface area contributed by atoms with Gasteiger partial charge in [-0.05, 0) is 48.9 Å². The molecule has 0 radical (unpaired) electrons. The number of ether oxygens (including phenoxy) is 3. The van der Waals surface area contributed by atoms with E-state index in [0.29, 0.717) is 28.1 Å². The molecule has 4 rings (SSSR count). The Kier molecular flexibility index (Phi) is 7.87. The fourth-order valence-corrected chi connectivity index (χ4v) is 4.83. The number of carbonyl (C=O) groups is 1. The number of amides is 1. The quantitative estimate of drug-likeness (QED) is 0.147. The minimum atomic E-state index is -0.520. The van der Waals surface area contributed by atoms with E-state index in [1.165, 1.54) is 30.2 Å². The van der Waals surface area contributed by atoms with Gasteiger partial charge in [0.15, 0.2) is 15.8 Å². The van der Waals surface area contributed by atoms with Crippen molar-refractivity contribution in [1.82, 2.24) is 0 Å². The van der Waals surface area contributed by atoms with Crippen molar-refractivity contribution in [2.45, 2.75) is 13.5 Å². The van der Waals surface area contributed by atoms with E-state index in [2.05, 4.69) is 0 Å². The van der Waals surface area contributed by atoms with Crippen molar-refractivity contribution in [3.63, 3.8) is 0 Å². The number of benzene rings is 3. The van der Waals surface area contributed by atoms with Crippen LogP contribution in [-0.4, -0.2) is 28.9 Å². The molecule has 0 atom stereocenters. The molecule has 1 amide bonds. The van der Waals surface area contributed by atoms with E-state index in [1.54, 1.807) is 24.3 Å². The van der Waals surface area contributed by atoms with Gasteiger partial charge in [-0.15, -0.1) is 0 Å². The summed E-state index contributed by atoms with van der Waals surface area (Å²) in [5.74, 6) is 0.850. The molecule has 0 N–H and O–H groups in total. The van der Waals surface area contributed by atoms with E-state index in [9.17, 15) is 14.9 Å². The molecule has 0 unspecified atom stereocenters. The van der Waals surface area contributed by atoms with Gasteiger partial charge in [0.2, 0.25) is 0 Å². The second-order valence-electron chi connectivity index (χ2n) is 7.54. The largest absolute Gasteiger partial charge is 0.494 e. The van der Waals surface area contributed by atoms with E-state index in [-0.39, 0.29) is 34.4 Å². The Morgan fingerprint density at radius 2 is 1.78 bits per heavy atom.